The van der Waals surface area contributed by atoms with Gasteiger partial charge in [0.1, 0.15) is 0 Å². The summed E-state index contributed by atoms with van der Waals surface area (Å²) in [5, 5.41) is 0. The van der Waals surface area contributed by atoms with Gasteiger partial charge in [-0.3, -0.25) is 4.79 Å². The van der Waals surface area contributed by atoms with Crippen LogP contribution in [-0.4, -0.2) is 57.6 Å². The van der Waals surface area contributed by atoms with Crippen molar-refractivity contribution in [1.29, 1.82) is 0 Å². The Kier molecular flexibility index (Phi) is 4.10. The van der Waals surface area contributed by atoms with Crippen LogP contribution in [0.1, 0.15) is 23.2 Å². The van der Waals surface area contributed by atoms with Crippen LogP contribution in [0.3, 0.4) is 0 Å². The van der Waals surface area contributed by atoms with Gasteiger partial charge in [0.15, 0.2) is 11.5 Å². The highest BCUT2D eigenvalue weighted by molar-refractivity contribution is 5.95. The number of carbonyl (C=O) groups excluding carboxylic acids is 1. The summed E-state index contributed by atoms with van der Waals surface area (Å²) in [5.74, 6) is 1.77. The third-order valence-electron chi connectivity index (χ3n) is 5.58. The van der Waals surface area contributed by atoms with E-state index in [9.17, 15) is 4.79 Å². The number of benzene rings is 1. The molecule has 1 amide bonds. The van der Waals surface area contributed by atoms with Crippen molar-refractivity contribution in [3.8, 4) is 11.5 Å². The van der Waals surface area contributed by atoms with E-state index >= 15 is 0 Å². The van der Waals surface area contributed by atoms with Crippen LogP contribution >= 0.6 is 0 Å². The first-order chi connectivity index (χ1) is 11.7. The molecule has 0 saturated carbocycles. The molecule has 0 radical (unpaired) electrons. The molecule has 1 aromatic rings. The van der Waals surface area contributed by atoms with Crippen molar-refractivity contribution in [1.82, 2.24) is 4.90 Å². The van der Waals surface area contributed by atoms with E-state index in [0.29, 0.717) is 29.6 Å². The van der Waals surface area contributed by atoms with Crippen molar-refractivity contribution in [3.05, 3.63) is 23.8 Å². The average Bonchev–Trinajstić information content (AvgIpc) is 3.20. The molecule has 1 atom stereocenters. The molecular weight excluding hydrogens is 310 g/mol. The molecule has 0 unspecified atom stereocenters. The van der Waals surface area contributed by atoms with E-state index in [1.54, 1.807) is 13.2 Å². The van der Waals surface area contributed by atoms with Crippen LogP contribution in [0.15, 0.2) is 18.2 Å². The van der Waals surface area contributed by atoms with Crippen LogP contribution in [0, 0.1) is 11.3 Å². The maximum Gasteiger partial charge on any atom is 0.254 e. The Morgan fingerprint density at radius 3 is 2.88 bits per heavy atom. The van der Waals surface area contributed by atoms with Gasteiger partial charge in [-0.2, -0.15) is 0 Å². The molecule has 3 aliphatic rings. The monoisotopic (exact) mass is 333 g/mol. The van der Waals surface area contributed by atoms with Gasteiger partial charge in [-0.1, -0.05) is 0 Å². The van der Waals surface area contributed by atoms with Gasteiger partial charge < -0.3 is 23.8 Å². The zero-order valence-electron chi connectivity index (χ0n) is 14.0. The molecule has 6 heteroatoms. The van der Waals surface area contributed by atoms with Gasteiger partial charge in [0.05, 0.1) is 6.61 Å². The molecule has 0 aromatic heterocycles. The maximum atomic E-state index is 13.0. The lowest BCUT2D eigenvalue weighted by Crippen LogP contribution is -2.39. The molecule has 130 valence electrons. The van der Waals surface area contributed by atoms with Gasteiger partial charge >= 0.3 is 0 Å². The molecule has 0 bridgehead atoms. The Morgan fingerprint density at radius 2 is 2.08 bits per heavy atom. The number of ether oxygens (including phenoxy) is 4. The summed E-state index contributed by atoms with van der Waals surface area (Å²) in [4.78, 5) is 14.9. The highest BCUT2D eigenvalue weighted by atomic mass is 16.7. The molecule has 6 nitrogen and oxygen atoms in total. The van der Waals surface area contributed by atoms with Crippen molar-refractivity contribution in [2.24, 2.45) is 11.3 Å². The van der Waals surface area contributed by atoms with E-state index in [0.717, 1.165) is 39.1 Å². The number of fused-ring (bicyclic) bond motifs is 1. The fourth-order valence-corrected chi connectivity index (χ4v) is 4.18. The van der Waals surface area contributed by atoms with Crippen molar-refractivity contribution in [2.45, 2.75) is 12.8 Å². The van der Waals surface area contributed by atoms with Crippen LogP contribution in [0.5, 0.6) is 11.5 Å². The van der Waals surface area contributed by atoms with E-state index < -0.39 is 0 Å². The zero-order chi connectivity index (χ0) is 16.6. The highest BCUT2D eigenvalue weighted by Crippen LogP contribution is 2.45. The number of hydrogen-bond donors (Lipinski definition) is 0. The Labute approximate surface area is 141 Å². The van der Waals surface area contributed by atoms with Crippen LogP contribution in [0.2, 0.25) is 0 Å². The number of amides is 1. The van der Waals surface area contributed by atoms with Crippen LogP contribution < -0.4 is 9.47 Å². The number of hydrogen-bond acceptors (Lipinski definition) is 5. The van der Waals surface area contributed by atoms with Gasteiger partial charge in [-0.15, -0.1) is 0 Å². The van der Waals surface area contributed by atoms with Gasteiger partial charge in [-0.05, 0) is 36.5 Å². The summed E-state index contributed by atoms with van der Waals surface area (Å²) < 4.78 is 21.7. The smallest absolute Gasteiger partial charge is 0.254 e. The second-order valence-electron chi connectivity index (χ2n) is 6.88. The van der Waals surface area contributed by atoms with E-state index in [2.05, 4.69) is 0 Å². The first-order valence-corrected chi connectivity index (χ1v) is 8.47. The molecule has 1 aromatic carbocycles. The molecule has 0 N–H and O–H groups in total. The molecular formula is C18H23NO5. The first kappa shape index (κ1) is 15.7. The zero-order valence-corrected chi connectivity index (χ0v) is 14.0. The van der Waals surface area contributed by atoms with Gasteiger partial charge in [0, 0.05) is 44.9 Å². The summed E-state index contributed by atoms with van der Waals surface area (Å²) in [6.07, 6.45) is 1.98. The second-order valence-corrected chi connectivity index (χ2v) is 6.88. The molecule has 4 rings (SSSR count). The number of rotatable bonds is 3. The van der Waals surface area contributed by atoms with E-state index in [-0.39, 0.29) is 18.1 Å². The van der Waals surface area contributed by atoms with E-state index in [1.807, 2.05) is 17.0 Å². The van der Waals surface area contributed by atoms with Crippen LogP contribution in [0.4, 0.5) is 0 Å². The Balaban J connectivity index is 1.54. The first-order valence-electron chi connectivity index (χ1n) is 8.47. The molecule has 2 saturated heterocycles. The number of carbonyl (C=O) groups is 1. The van der Waals surface area contributed by atoms with Crippen molar-refractivity contribution < 1.29 is 23.7 Å². The van der Waals surface area contributed by atoms with Gasteiger partial charge in [0.25, 0.3) is 5.91 Å². The van der Waals surface area contributed by atoms with Gasteiger partial charge in [-0.25, -0.2) is 0 Å². The van der Waals surface area contributed by atoms with E-state index in [4.69, 9.17) is 18.9 Å². The van der Waals surface area contributed by atoms with Crippen molar-refractivity contribution in [2.75, 3.05) is 46.8 Å². The number of likely N-dealkylation sites (tertiary alicyclic amines) is 1. The predicted molar refractivity (Wildman–Crippen MR) is 86.3 cm³/mol. The summed E-state index contributed by atoms with van der Waals surface area (Å²) >= 11 is 0. The lowest BCUT2D eigenvalue weighted by Gasteiger charge is -2.37. The molecule has 2 fully saturated rings. The summed E-state index contributed by atoms with van der Waals surface area (Å²) in [6.45, 7) is 3.96. The lowest BCUT2D eigenvalue weighted by atomic mass is 9.72. The molecule has 3 heterocycles. The van der Waals surface area contributed by atoms with Crippen LogP contribution in [0.25, 0.3) is 0 Å². The average molecular weight is 333 g/mol. The molecule has 1 spiro atoms. The number of methoxy groups -OCH3 is 1. The number of nitrogens with zero attached hydrogens (tertiary/aromatic N) is 1. The molecule has 0 aliphatic carbocycles. The standard InChI is InChI=1S/C18H23NO5/c1-21-10-14-9-19(11-18(14)4-6-22-7-5-18)17(20)13-2-3-15-16(8-13)24-12-23-15/h2-3,8,14H,4-7,9-12H2,1H3/t14-/m0/s1. The Morgan fingerprint density at radius 1 is 1.29 bits per heavy atom. The van der Waals surface area contributed by atoms with Crippen molar-refractivity contribution in [3.63, 3.8) is 0 Å². The highest BCUT2D eigenvalue weighted by Gasteiger charge is 2.48. The topological polar surface area (TPSA) is 57.2 Å². The minimum atomic E-state index is 0.0535. The van der Waals surface area contributed by atoms with E-state index in [1.165, 1.54) is 0 Å². The summed E-state index contributed by atoms with van der Waals surface area (Å²) in [5.41, 5.74) is 0.778. The molecule has 24 heavy (non-hydrogen) atoms. The minimum Gasteiger partial charge on any atom is -0.454 e. The SMILES string of the molecule is COC[C@@H]1CN(C(=O)c2ccc3c(c2)OCO3)CC12CCOCC2. The summed E-state index contributed by atoms with van der Waals surface area (Å²) in [7, 11) is 1.73. The second kappa shape index (κ2) is 6.26. The largest absolute Gasteiger partial charge is 0.454 e. The minimum absolute atomic E-state index is 0.0535. The lowest BCUT2D eigenvalue weighted by molar-refractivity contribution is -0.0169. The Bertz CT molecular complexity index is 626. The Hall–Kier alpha value is -1.79. The third-order valence-corrected chi connectivity index (χ3v) is 5.58. The third kappa shape index (κ3) is 2.63. The quantitative estimate of drug-likeness (QED) is 0.846. The predicted octanol–water partition coefficient (Wildman–Crippen LogP) is 1.93. The fraction of sp³-hybridized carbons (Fsp3) is 0.611. The fourth-order valence-electron chi connectivity index (χ4n) is 4.18. The summed E-state index contributed by atoms with van der Waals surface area (Å²) in [6, 6.07) is 5.41. The molecule has 3 aliphatic heterocycles. The maximum absolute atomic E-state index is 13.0. The van der Waals surface area contributed by atoms with Gasteiger partial charge in [0.2, 0.25) is 6.79 Å². The normalized spacial score (nSPS) is 24.5. The van der Waals surface area contributed by atoms with Crippen LogP contribution in [-0.2, 0) is 9.47 Å². The van der Waals surface area contributed by atoms with Crippen molar-refractivity contribution >= 4 is 5.91 Å².